The summed E-state index contributed by atoms with van der Waals surface area (Å²) in [5.41, 5.74) is 1.40. The Morgan fingerprint density at radius 2 is 2.00 bits per heavy atom. The zero-order valence-electron chi connectivity index (χ0n) is 19.4. The highest BCUT2D eigenvalue weighted by Crippen LogP contribution is 2.35. The summed E-state index contributed by atoms with van der Waals surface area (Å²) in [5.74, 6) is 1.14. The molecule has 0 saturated carbocycles. The van der Waals surface area contributed by atoms with Crippen molar-refractivity contribution in [1.29, 1.82) is 0 Å². The average molecular weight is 515 g/mol. The third-order valence-electron chi connectivity index (χ3n) is 5.50. The van der Waals surface area contributed by atoms with Crippen LogP contribution in [0.1, 0.15) is 18.4 Å². The van der Waals surface area contributed by atoms with Crippen LogP contribution in [0.2, 0.25) is 0 Å². The first-order valence-corrected chi connectivity index (χ1v) is 12.3. The number of amides is 2. The van der Waals surface area contributed by atoms with Gasteiger partial charge < -0.3 is 24.3 Å². The van der Waals surface area contributed by atoms with Crippen LogP contribution in [-0.2, 0) is 14.3 Å². The predicted molar refractivity (Wildman–Crippen MR) is 139 cm³/mol. The maximum atomic E-state index is 12.9. The number of benzene rings is 2. The van der Waals surface area contributed by atoms with Crippen LogP contribution >= 0.6 is 24.0 Å². The molecule has 2 aromatic rings. The van der Waals surface area contributed by atoms with Gasteiger partial charge in [0.2, 0.25) is 0 Å². The van der Waals surface area contributed by atoms with E-state index in [9.17, 15) is 9.59 Å². The van der Waals surface area contributed by atoms with Crippen LogP contribution in [0, 0.1) is 0 Å². The molecule has 0 bridgehead atoms. The van der Waals surface area contributed by atoms with Crippen LogP contribution in [0.3, 0.4) is 0 Å². The van der Waals surface area contributed by atoms with Crippen LogP contribution in [0.25, 0.3) is 6.08 Å². The molecular formula is C25H26N2O6S2. The molecule has 1 atom stereocenters. The van der Waals surface area contributed by atoms with E-state index in [0.717, 1.165) is 25.0 Å². The Morgan fingerprint density at radius 3 is 2.69 bits per heavy atom. The second-order valence-corrected chi connectivity index (χ2v) is 9.58. The highest BCUT2D eigenvalue weighted by Gasteiger charge is 2.34. The molecule has 0 radical (unpaired) electrons. The molecule has 2 aromatic carbocycles. The molecule has 2 saturated heterocycles. The number of hydrogen-bond acceptors (Lipinski definition) is 8. The van der Waals surface area contributed by atoms with Crippen LogP contribution in [0.4, 0.5) is 5.69 Å². The first kappa shape index (κ1) is 25.0. The number of thiocarbonyl (C=S) groups is 1. The second-order valence-electron chi connectivity index (χ2n) is 7.90. The van der Waals surface area contributed by atoms with Crippen molar-refractivity contribution < 1.29 is 28.5 Å². The van der Waals surface area contributed by atoms with E-state index in [1.165, 1.54) is 18.9 Å². The van der Waals surface area contributed by atoms with E-state index in [1.54, 1.807) is 60.6 Å². The molecule has 184 valence electrons. The largest absolute Gasteiger partial charge is 0.497 e. The fourth-order valence-corrected chi connectivity index (χ4v) is 4.98. The summed E-state index contributed by atoms with van der Waals surface area (Å²) in [4.78, 5) is 27.3. The Bertz CT molecular complexity index is 1130. The Morgan fingerprint density at radius 1 is 1.20 bits per heavy atom. The normalized spacial score (nSPS) is 18.7. The highest BCUT2D eigenvalue weighted by atomic mass is 32.2. The van der Waals surface area contributed by atoms with Crippen LogP contribution in [0.15, 0.2) is 47.4 Å². The topological polar surface area (TPSA) is 86.3 Å². The number of rotatable bonds is 9. The maximum Gasteiger partial charge on any atom is 0.266 e. The third kappa shape index (κ3) is 6.33. The highest BCUT2D eigenvalue weighted by molar-refractivity contribution is 8.26. The first-order valence-electron chi connectivity index (χ1n) is 11.1. The third-order valence-corrected chi connectivity index (χ3v) is 6.88. The summed E-state index contributed by atoms with van der Waals surface area (Å²) in [6.07, 6.45) is 3.76. The van der Waals surface area contributed by atoms with E-state index in [2.05, 4.69) is 5.32 Å². The lowest BCUT2D eigenvalue weighted by molar-refractivity contribution is -0.123. The zero-order chi connectivity index (χ0) is 24.8. The van der Waals surface area contributed by atoms with Gasteiger partial charge >= 0.3 is 0 Å². The number of nitrogens with one attached hydrogen (secondary N) is 1. The molecule has 0 aliphatic carbocycles. The molecular weight excluding hydrogens is 488 g/mol. The van der Waals surface area contributed by atoms with Gasteiger partial charge in [-0.25, -0.2) is 0 Å². The van der Waals surface area contributed by atoms with Gasteiger partial charge in [-0.05, 0) is 60.9 Å². The van der Waals surface area contributed by atoms with Gasteiger partial charge in [0.05, 0.1) is 31.8 Å². The van der Waals surface area contributed by atoms with Gasteiger partial charge in [0.15, 0.2) is 18.1 Å². The van der Waals surface area contributed by atoms with Gasteiger partial charge in [0.25, 0.3) is 11.8 Å². The van der Waals surface area contributed by atoms with Gasteiger partial charge in [-0.3, -0.25) is 14.5 Å². The Hall–Kier alpha value is -3.08. The van der Waals surface area contributed by atoms with E-state index in [-0.39, 0.29) is 24.5 Å². The summed E-state index contributed by atoms with van der Waals surface area (Å²) in [6.45, 7) is 1.02. The molecule has 0 spiro atoms. The van der Waals surface area contributed by atoms with Gasteiger partial charge in [-0.2, -0.15) is 0 Å². The van der Waals surface area contributed by atoms with Crippen molar-refractivity contribution in [3.05, 3.63) is 52.9 Å². The number of anilines is 1. The number of hydrogen-bond donors (Lipinski definition) is 1. The average Bonchev–Trinajstić information content (AvgIpc) is 3.47. The first-order chi connectivity index (χ1) is 17.0. The lowest BCUT2D eigenvalue weighted by Gasteiger charge is -2.18. The number of carbonyl (C=O) groups excluding carboxylic acids is 2. The monoisotopic (exact) mass is 514 g/mol. The van der Waals surface area contributed by atoms with Gasteiger partial charge in [-0.1, -0.05) is 30.0 Å². The zero-order valence-corrected chi connectivity index (χ0v) is 21.1. The molecule has 1 N–H and O–H groups in total. The van der Waals surface area contributed by atoms with Crippen molar-refractivity contribution in [3.63, 3.8) is 0 Å². The molecule has 0 aromatic heterocycles. The standard InChI is InChI=1S/C25H26N2O6S2/c1-30-18-8-6-17(7-9-18)26-23(28)15-33-20-10-5-16(12-21(20)31-2)13-22-24(29)27(25(34)35-22)14-19-4-3-11-32-19/h5-10,12-13,19H,3-4,11,14-15H2,1-2H3,(H,26,28)/b22-13-/t19-/m1/s1. The Balaban J connectivity index is 1.37. The van der Waals surface area contributed by atoms with Gasteiger partial charge in [0, 0.05) is 12.3 Å². The van der Waals surface area contributed by atoms with Crippen molar-refractivity contribution in [3.8, 4) is 17.2 Å². The Kier molecular flexibility index (Phi) is 8.27. The van der Waals surface area contributed by atoms with Crippen molar-refractivity contribution in [1.82, 2.24) is 4.90 Å². The summed E-state index contributed by atoms with van der Waals surface area (Å²) in [5, 5.41) is 2.76. The number of carbonyl (C=O) groups is 2. The Labute approximate surface area is 213 Å². The summed E-state index contributed by atoms with van der Waals surface area (Å²) >= 11 is 6.69. The van der Waals surface area contributed by atoms with Crippen LogP contribution < -0.4 is 19.5 Å². The van der Waals surface area contributed by atoms with E-state index >= 15 is 0 Å². The summed E-state index contributed by atoms with van der Waals surface area (Å²) < 4.78 is 22.4. The fourth-order valence-electron chi connectivity index (χ4n) is 3.71. The lowest BCUT2D eigenvalue weighted by atomic mass is 10.1. The predicted octanol–water partition coefficient (Wildman–Crippen LogP) is 4.10. The molecule has 0 unspecified atom stereocenters. The second kappa shape index (κ2) is 11.6. The molecule has 8 nitrogen and oxygen atoms in total. The number of thioether (sulfide) groups is 1. The van der Waals surface area contributed by atoms with Gasteiger partial charge in [0.1, 0.15) is 10.1 Å². The molecule has 10 heteroatoms. The van der Waals surface area contributed by atoms with E-state index in [4.69, 9.17) is 31.2 Å². The fraction of sp³-hybridized carbons (Fsp3) is 0.320. The lowest BCUT2D eigenvalue weighted by Crippen LogP contribution is -2.35. The molecule has 2 aliphatic rings. The minimum absolute atomic E-state index is 0.0373. The van der Waals surface area contributed by atoms with E-state index in [0.29, 0.717) is 38.7 Å². The summed E-state index contributed by atoms with van der Waals surface area (Å²) in [7, 11) is 3.10. The number of nitrogens with zero attached hydrogens (tertiary/aromatic N) is 1. The smallest absolute Gasteiger partial charge is 0.266 e. The molecule has 35 heavy (non-hydrogen) atoms. The van der Waals surface area contributed by atoms with Crippen molar-refractivity contribution >= 4 is 51.9 Å². The minimum atomic E-state index is -0.309. The van der Waals surface area contributed by atoms with Crippen molar-refractivity contribution in [2.24, 2.45) is 0 Å². The number of methoxy groups -OCH3 is 2. The SMILES string of the molecule is COc1ccc(NC(=O)COc2ccc(/C=C3\SC(=S)N(C[C@H]4CCCO4)C3=O)cc2OC)cc1. The van der Waals surface area contributed by atoms with Crippen LogP contribution in [-0.4, -0.2) is 61.1 Å². The van der Waals surface area contributed by atoms with E-state index < -0.39 is 0 Å². The molecule has 2 amide bonds. The van der Waals surface area contributed by atoms with Crippen LogP contribution in [0.5, 0.6) is 17.2 Å². The van der Waals surface area contributed by atoms with Gasteiger partial charge in [-0.15, -0.1) is 0 Å². The molecule has 2 fully saturated rings. The maximum absolute atomic E-state index is 12.9. The quantitative estimate of drug-likeness (QED) is 0.395. The van der Waals surface area contributed by atoms with E-state index in [1.807, 2.05) is 0 Å². The number of ether oxygens (including phenoxy) is 4. The summed E-state index contributed by atoms with van der Waals surface area (Å²) in [6, 6.07) is 12.3. The molecule has 4 rings (SSSR count). The molecule has 2 aliphatic heterocycles. The van der Waals surface area contributed by atoms with Crippen molar-refractivity contribution in [2.45, 2.75) is 18.9 Å². The molecule has 2 heterocycles. The van der Waals surface area contributed by atoms with Crippen molar-refractivity contribution in [2.75, 3.05) is 39.3 Å². The minimum Gasteiger partial charge on any atom is -0.497 e.